The number of amides is 2. The average Bonchev–Trinajstić information content (AvgIpc) is 2.95. The van der Waals surface area contributed by atoms with Gasteiger partial charge >= 0.3 is 0 Å². The first kappa shape index (κ1) is 29.6. The van der Waals surface area contributed by atoms with Crippen LogP contribution >= 0.6 is 0 Å². The van der Waals surface area contributed by atoms with Crippen molar-refractivity contribution in [3.05, 3.63) is 90.2 Å². The molecule has 1 N–H and O–H groups in total. The van der Waals surface area contributed by atoms with Gasteiger partial charge in [-0.3, -0.25) is 13.9 Å². The van der Waals surface area contributed by atoms with E-state index in [9.17, 15) is 22.4 Å². The van der Waals surface area contributed by atoms with Gasteiger partial charge in [-0.25, -0.2) is 12.8 Å². The Kier molecular flexibility index (Phi) is 10.4. The summed E-state index contributed by atoms with van der Waals surface area (Å²) in [5.74, 6) is -0.920. The van der Waals surface area contributed by atoms with Gasteiger partial charge in [-0.1, -0.05) is 37.3 Å². The Morgan fingerprint density at radius 1 is 0.949 bits per heavy atom. The Morgan fingerprint density at radius 2 is 1.59 bits per heavy atom. The normalized spacial score (nSPS) is 11.9. The summed E-state index contributed by atoms with van der Waals surface area (Å²) in [4.78, 5) is 27.8. The average molecular weight is 556 g/mol. The zero-order valence-electron chi connectivity index (χ0n) is 22.3. The van der Waals surface area contributed by atoms with E-state index in [-0.39, 0.29) is 23.0 Å². The first-order chi connectivity index (χ1) is 18.7. The van der Waals surface area contributed by atoms with Gasteiger partial charge in [0.1, 0.15) is 24.2 Å². The second-order valence-electron chi connectivity index (χ2n) is 8.75. The lowest BCUT2D eigenvalue weighted by molar-refractivity contribution is -0.139. The third kappa shape index (κ3) is 7.57. The molecule has 0 aliphatic rings. The van der Waals surface area contributed by atoms with E-state index in [0.29, 0.717) is 25.2 Å². The molecule has 0 saturated heterocycles. The molecule has 0 aromatic heterocycles. The predicted octanol–water partition coefficient (Wildman–Crippen LogP) is 4.02. The smallest absolute Gasteiger partial charge is 0.264 e. The number of carbonyl (C=O) groups excluding carboxylic acids is 2. The molecule has 208 valence electrons. The van der Waals surface area contributed by atoms with Crippen molar-refractivity contribution in [3.8, 4) is 5.75 Å². The molecule has 3 aromatic carbocycles. The maximum absolute atomic E-state index is 13.8. The molecule has 0 saturated carbocycles. The van der Waals surface area contributed by atoms with Crippen molar-refractivity contribution in [1.29, 1.82) is 0 Å². The molecule has 1 atom stereocenters. The highest BCUT2D eigenvalue weighted by atomic mass is 32.2. The van der Waals surface area contributed by atoms with Crippen molar-refractivity contribution in [2.24, 2.45) is 0 Å². The summed E-state index contributed by atoms with van der Waals surface area (Å²) in [5.41, 5.74) is 1.21. The highest BCUT2D eigenvalue weighted by Crippen LogP contribution is 2.27. The number of benzene rings is 3. The first-order valence-electron chi connectivity index (χ1n) is 12.8. The van der Waals surface area contributed by atoms with Gasteiger partial charge in [0, 0.05) is 13.6 Å². The second-order valence-corrected chi connectivity index (χ2v) is 10.6. The van der Waals surface area contributed by atoms with Gasteiger partial charge < -0.3 is 15.0 Å². The lowest BCUT2D eigenvalue weighted by Crippen LogP contribution is -2.52. The third-order valence-corrected chi connectivity index (χ3v) is 8.02. The summed E-state index contributed by atoms with van der Waals surface area (Å²) < 4.78 is 47.5. The number of halogens is 1. The standard InChI is InChI=1S/C29H34FN3O5S/c1-4-27(29(35)31-3)32(20-19-22-9-7-6-8-10-22)28(34)21-33(24-13-15-25(16-14-24)38-5-2)39(36,37)26-17-11-23(30)12-18-26/h6-18,27H,4-5,19-21H2,1-3H3,(H,31,35). The SMILES string of the molecule is CCOc1ccc(N(CC(=O)N(CCc2ccccc2)C(CC)C(=O)NC)S(=O)(=O)c2ccc(F)cc2)cc1. The first-order valence-corrected chi connectivity index (χ1v) is 14.2. The lowest BCUT2D eigenvalue weighted by atomic mass is 10.1. The molecule has 2 amide bonds. The van der Waals surface area contributed by atoms with Crippen molar-refractivity contribution in [2.45, 2.75) is 37.6 Å². The van der Waals surface area contributed by atoms with Crippen molar-refractivity contribution in [3.63, 3.8) is 0 Å². The number of nitrogens with zero attached hydrogens (tertiary/aromatic N) is 2. The van der Waals surface area contributed by atoms with Crippen LogP contribution in [0.2, 0.25) is 0 Å². The molecule has 3 rings (SSSR count). The Hall–Kier alpha value is -3.92. The topological polar surface area (TPSA) is 96.0 Å². The Labute approximate surface area is 229 Å². The van der Waals surface area contributed by atoms with Crippen LogP contribution in [0.15, 0.2) is 83.8 Å². The fourth-order valence-corrected chi connectivity index (χ4v) is 5.61. The van der Waals surface area contributed by atoms with Gasteiger partial charge in [0.2, 0.25) is 11.8 Å². The Bertz CT molecular complexity index is 1330. The van der Waals surface area contributed by atoms with Crippen molar-refractivity contribution < 1.29 is 27.1 Å². The highest BCUT2D eigenvalue weighted by Gasteiger charge is 2.33. The number of nitrogens with one attached hydrogen (secondary N) is 1. The number of hydrogen-bond donors (Lipinski definition) is 1. The zero-order chi connectivity index (χ0) is 28.4. The number of hydrogen-bond acceptors (Lipinski definition) is 5. The van der Waals surface area contributed by atoms with E-state index >= 15 is 0 Å². The number of rotatable bonds is 13. The maximum atomic E-state index is 13.8. The molecule has 0 fully saturated rings. The minimum Gasteiger partial charge on any atom is -0.494 e. The Balaban J connectivity index is 2.00. The molecular formula is C29H34FN3O5S. The van der Waals surface area contributed by atoms with Crippen LogP contribution < -0.4 is 14.4 Å². The van der Waals surface area contributed by atoms with Crippen LogP contribution in [0, 0.1) is 5.82 Å². The van der Waals surface area contributed by atoms with E-state index in [2.05, 4.69) is 5.32 Å². The summed E-state index contributed by atoms with van der Waals surface area (Å²) in [7, 11) is -2.78. The van der Waals surface area contributed by atoms with E-state index in [1.807, 2.05) is 37.3 Å². The molecule has 10 heteroatoms. The largest absolute Gasteiger partial charge is 0.494 e. The van der Waals surface area contributed by atoms with Crippen LogP contribution in [-0.4, -0.2) is 57.9 Å². The monoisotopic (exact) mass is 555 g/mol. The van der Waals surface area contributed by atoms with Gasteiger partial charge in [-0.2, -0.15) is 0 Å². The predicted molar refractivity (Wildman–Crippen MR) is 149 cm³/mol. The number of carbonyl (C=O) groups is 2. The molecule has 0 aliphatic carbocycles. The van der Waals surface area contributed by atoms with Crippen LogP contribution in [0.5, 0.6) is 5.75 Å². The van der Waals surface area contributed by atoms with Gasteiger partial charge in [-0.15, -0.1) is 0 Å². The molecule has 0 bridgehead atoms. The molecule has 0 aliphatic heterocycles. The maximum Gasteiger partial charge on any atom is 0.264 e. The molecule has 8 nitrogen and oxygen atoms in total. The summed E-state index contributed by atoms with van der Waals surface area (Å²) in [6, 6.07) is 19.5. The van der Waals surface area contributed by atoms with E-state index in [1.165, 1.54) is 11.9 Å². The van der Waals surface area contributed by atoms with Crippen LogP contribution in [0.3, 0.4) is 0 Å². The summed E-state index contributed by atoms with van der Waals surface area (Å²) in [6.45, 7) is 3.71. The lowest BCUT2D eigenvalue weighted by Gasteiger charge is -2.33. The zero-order valence-corrected chi connectivity index (χ0v) is 23.2. The number of ether oxygens (including phenoxy) is 1. The summed E-state index contributed by atoms with van der Waals surface area (Å²) in [6.07, 6.45) is 0.821. The Morgan fingerprint density at radius 3 is 2.15 bits per heavy atom. The molecule has 3 aromatic rings. The molecule has 1 unspecified atom stereocenters. The van der Waals surface area contributed by atoms with Crippen molar-refractivity contribution in [1.82, 2.24) is 10.2 Å². The van der Waals surface area contributed by atoms with Crippen LogP contribution in [-0.2, 0) is 26.0 Å². The summed E-state index contributed by atoms with van der Waals surface area (Å²) >= 11 is 0. The number of sulfonamides is 1. The highest BCUT2D eigenvalue weighted by molar-refractivity contribution is 7.92. The fraction of sp³-hybridized carbons (Fsp3) is 0.310. The van der Waals surface area contributed by atoms with Gasteiger partial charge in [0.25, 0.3) is 10.0 Å². The second kappa shape index (κ2) is 13.7. The minimum absolute atomic E-state index is 0.167. The van der Waals surface area contributed by atoms with Crippen LogP contribution in [0.4, 0.5) is 10.1 Å². The number of likely N-dealkylation sites (N-methyl/N-ethyl adjacent to an activating group) is 1. The van der Waals surface area contributed by atoms with Gasteiger partial charge in [-0.05, 0) is 73.9 Å². The quantitative estimate of drug-likeness (QED) is 0.344. The molecule has 0 spiro atoms. The van der Waals surface area contributed by atoms with E-state index in [0.717, 1.165) is 34.1 Å². The van der Waals surface area contributed by atoms with Gasteiger partial charge in [0.05, 0.1) is 17.2 Å². The van der Waals surface area contributed by atoms with Crippen molar-refractivity contribution >= 4 is 27.5 Å². The van der Waals surface area contributed by atoms with Crippen molar-refractivity contribution in [2.75, 3.05) is 31.0 Å². The molecule has 0 heterocycles. The van der Waals surface area contributed by atoms with E-state index in [4.69, 9.17) is 4.74 Å². The fourth-order valence-electron chi connectivity index (χ4n) is 4.20. The molecular weight excluding hydrogens is 521 g/mol. The van der Waals surface area contributed by atoms with Crippen LogP contribution in [0.1, 0.15) is 25.8 Å². The molecule has 0 radical (unpaired) electrons. The third-order valence-electron chi connectivity index (χ3n) is 6.23. The minimum atomic E-state index is -4.27. The van der Waals surface area contributed by atoms with E-state index < -0.39 is 34.3 Å². The molecule has 39 heavy (non-hydrogen) atoms. The van der Waals surface area contributed by atoms with Gasteiger partial charge in [0.15, 0.2) is 0 Å². The summed E-state index contributed by atoms with van der Waals surface area (Å²) in [5, 5.41) is 2.60. The number of anilines is 1. The van der Waals surface area contributed by atoms with Crippen LogP contribution in [0.25, 0.3) is 0 Å². The van der Waals surface area contributed by atoms with E-state index in [1.54, 1.807) is 31.2 Å².